The lowest BCUT2D eigenvalue weighted by atomic mass is 10.2. The molecule has 11 heavy (non-hydrogen) atoms. The standard InChI is InChI=1S/C8H8INO/c1-6-2-3-7(5-10-11)4-8(6)9/h2-5,11H,1H3/b10-5-. The highest BCUT2D eigenvalue weighted by Crippen LogP contribution is 2.11. The summed E-state index contributed by atoms with van der Waals surface area (Å²) in [5.74, 6) is 0. The minimum Gasteiger partial charge on any atom is -0.411 e. The molecule has 0 amide bonds. The summed E-state index contributed by atoms with van der Waals surface area (Å²) in [5.41, 5.74) is 2.16. The lowest BCUT2D eigenvalue weighted by Crippen LogP contribution is -1.85. The van der Waals surface area contributed by atoms with Gasteiger partial charge in [0.05, 0.1) is 6.21 Å². The molecule has 0 heterocycles. The average Bonchev–Trinajstić information content (AvgIpc) is 1.98. The van der Waals surface area contributed by atoms with Crippen molar-refractivity contribution in [2.24, 2.45) is 5.16 Å². The van der Waals surface area contributed by atoms with Crippen molar-refractivity contribution in [3.8, 4) is 0 Å². The highest BCUT2D eigenvalue weighted by molar-refractivity contribution is 14.1. The molecule has 0 aliphatic carbocycles. The molecular formula is C8H8INO. The van der Waals surface area contributed by atoms with Gasteiger partial charge in [-0.3, -0.25) is 0 Å². The van der Waals surface area contributed by atoms with E-state index in [1.165, 1.54) is 15.3 Å². The second-order valence-corrected chi connectivity index (χ2v) is 3.42. The minimum atomic E-state index is 0.919. The van der Waals surface area contributed by atoms with Crippen LogP contribution < -0.4 is 0 Å². The number of oxime groups is 1. The molecule has 1 aromatic rings. The fourth-order valence-corrected chi connectivity index (χ4v) is 1.30. The Morgan fingerprint density at radius 1 is 1.55 bits per heavy atom. The van der Waals surface area contributed by atoms with E-state index in [9.17, 15) is 0 Å². The van der Waals surface area contributed by atoms with Gasteiger partial charge in [0.15, 0.2) is 0 Å². The number of aryl methyl sites for hydroxylation is 1. The van der Waals surface area contributed by atoms with Crippen LogP contribution in [0.25, 0.3) is 0 Å². The van der Waals surface area contributed by atoms with Crippen molar-refractivity contribution in [1.82, 2.24) is 0 Å². The zero-order valence-corrected chi connectivity index (χ0v) is 8.24. The third-order valence-electron chi connectivity index (χ3n) is 1.40. The lowest BCUT2D eigenvalue weighted by molar-refractivity contribution is 0.322. The van der Waals surface area contributed by atoms with Gasteiger partial charge >= 0.3 is 0 Å². The maximum Gasteiger partial charge on any atom is 0.0734 e. The summed E-state index contributed by atoms with van der Waals surface area (Å²) < 4.78 is 1.18. The fraction of sp³-hybridized carbons (Fsp3) is 0.125. The minimum absolute atomic E-state index is 0.919. The van der Waals surface area contributed by atoms with Crippen LogP contribution in [-0.4, -0.2) is 11.4 Å². The summed E-state index contributed by atoms with van der Waals surface area (Å²) in [4.78, 5) is 0. The van der Waals surface area contributed by atoms with Crippen LogP contribution in [0.2, 0.25) is 0 Å². The van der Waals surface area contributed by atoms with Crippen LogP contribution in [0, 0.1) is 10.5 Å². The predicted octanol–water partition coefficient (Wildman–Crippen LogP) is 2.41. The van der Waals surface area contributed by atoms with Gasteiger partial charge in [0.25, 0.3) is 0 Å². The zero-order valence-electron chi connectivity index (χ0n) is 6.08. The molecule has 0 saturated carbocycles. The van der Waals surface area contributed by atoms with Crippen LogP contribution in [0.15, 0.2) is 23.4 Å². The molecule has 0 aliphatic rings. The second-order valence-electron chi connectivity index (χ2n) is 2.25. The Morgan fingerprint density at radius 2 is 2.27 bits per heavy atom. The number of nitrogens with zero attached hydrogens (tertiary/aromatic N) is 1. The van der Waals surface area contributed by atoms with Gasteiger partial charge in [0.2, 0.25) is 0 Å². The third kappa shape index (κ3) is 2.18. The van der Waals surface area contributed by atoms with Crippen molar-refractivity contribution in [2.75, 3.05) is 0 Å². The topological polar surface area (TPSA) is 32.6 Å². The van der Waals surface area contributed by atoms with Crippen LogP contribution in [-0.2, 0) is 0 Å². The summed E-state index contributed by atoms with van der Waals surface area (Å²) in [7, 11) is 0. The molecule has 0 unspecified atom stereocenters. The molecule has 0 radical (unpaired) electrons. The van der Waals surface area contributed by atoms with E-state index < -0.39 is 0 Å². The first-order valence-corrected chi connectivity index (χ1v) is 4.25. The first-order chi connectivity index (χ1) is 5.24. The monoisotopic (exact) mass is 261 g/mol. The molecule has 1 N–H and O–H groups in total. The smallest absolute Gasteiger partial charge is 0.0734 e. The van der Waals surface area contributed by atoms with E-state index in [1.54, 1.807) is 0 Å². The molecule has 0 spiro atoms. The first-order valence-electron chi connectivity index (χ1n) is 3.17. The van der Waals surface area contributed by atoms with E-state index in [-0.39, 0.29) is 0 Å². The van der Waals surface area contributed by atoms with E-state index in [2.05, 4.69) is 27.7 Å². The Labute approximate surface area is 79.1 Å². The summed E-state index contributed by atoms with van der Waals surface area (Å²) in [6, 6.07) is 5.88. The molecule has 3 heteroatoms. The van der Waals surface area contributed by atoms with Crippen molar-refractivity contribution >= 4 is 28.8 Å². The Balaban J connectivity index is 3.05. The van der Waals surface area contributed by atoms with E-state index in [4.69, 9.17) is 5.21 Å². The molecule has 2 nitrogen and oxygen atoms in total. The Kier molecular flexibility index (Phi) is 2.87. The van der Waals surface area contributed by atoms with Crippen LogP contribution in [0.3, 0.4) is 0 Å². The van der Waals surface area contributed by atoms with Crippen molar-refractivity contribution in [3.63, 3.8) is 0 Å². The van der Waals surface area contributed by atoms with Gasteiger partial charge in [0.1, 0.15) is 0 Å². The van der Waals surface area contributed by atoms with Gasteiger partial charge < -0.3 is 5.21 Å². The van der Waals surface area contributed by atoms with Gasteiger partial charge in [-0.15, -0.1) is 0 Å². The highest BCUT2D eigenvalue weighted by Gasteiger charge is 1.93. The van der Waals surface area contributed by atoms with Gasteiger partial charge in [-0.25, -0.2) is 0 Å². The molecular weight excluding hydrogens is 253 g/mol. The molecule has 0 aliphatic heterocycles. The van der Waals surface area contributed by atoms with E-state index in [0.717, 1.165) is 5.56 Å². The summed E-state index contributed by atoms with van der Waals surface area (Å²) >= 11 is 2.25. The number of rotatable bonds is 1. The van der Waals surface area contributed by atoms with Crippen molar-refractivity contribution < 1.29 is 5.21 Å². The van der Waals surface area contributed by atoms with Crippen LogP contribution in [0.1, 0.15) is 11.1 Å². The molecule has 0 saturated heterocycles. The van der Waals surface area contributed by atoms with Crippen LogP contribution in [0.4, 0.5) is 0 Å². The van der Waals surface area contributed by atoms with Gasteiger partial charge in [-0.05, 0) is 46.7 Å². The SMILES string of the molecule is Cc1ccc(/C=N\O)cc1I. The maximum atomic E-state index is 8.25. The van der Waals surface area contributed by atoms with Crippen molar-refractivity contribution in [2.45, 2.75) is 6.92 Å². The highest BCUT2D eigenvalue weighted by atomic mass is 127. The lowest BCUT2D eigenvalue weighted by Gasteiger charge is -1.97. The first kappa shape index (κ1) is 8.52. The van der Waals surface area contributed by atoms with Crippen LogP contribution in [0.5, 0.6) is 0 Å². The summed E-state index contributed by atoms with van der Waals surface area (Å²) in [6.45, 7) is 2.04. The van der Waals surface area contributed by atoms with E-state index in [0.29, 0.717) is 0 Å². The molecule has 1 rings (SSSR count). The van der Waals surface area contributed by atoms with Gasteiger partial charge in [-0.2, -0.15) is 0 Å². The molecule has 0 bridgehead atoms. The van der Waals surface area contributed by atoms with Gasteiger partial charge in [0, 0.05) is 3.57 Å². The Bertz CT molecular complexity index is 283. The summed E-state index contributed by atoms with van der Waals surface area (Å²) in [5, 5.41) is 11.2. The second kappa shape index (κ2) is 3.71. The Hall–Kier alpha value is -0.580. The summed E-state index contributed by atoms with van der Waals surface area (Å²) in [6.07, 6.45) is 1.42. The van der Waals surface area contributed by atoms with E-state index >= 15 is 0 Å². The van der Waals surface area contributed by atoms with Gasteiger partial charge in [-0.1, -0.05) is 17.3 Å². The molecule has 58 valence electrons. The molecule has 0 atom stereocenters. The normalized spacial score (nSPS) is 10.7. The molecule has 0 fully saturated rings. The Morgan fingerprint density at radius 3 is 2.82 bits per heavy atom. The number of benzene rings is 1. The average molecular weight is 261 g/mol. The maximum absolute atomic E-state index is 8.25. The number of hydrogen-bond acceptors (Lipinski definition) is 2. The largest absolute Gasteiger partial charge is 0.411 e. The molecule has 0 aromatic heterocycles. The third-order valence-corrected chi connectivity index (χ3v) is 2.56. The van der Waals surface area contributed by atoms with E-state index in [1.807, 2.05) is 25.1 Å². The fourth-order valence-electron chi connectivity index (χ4n) is 0.756. The predicted molar refractivity (Wildman–Crippen MR) is 53.3 cm³/mol. The molecule has 1 aromatic carbocycles. The van der Waals surface area contributed by atoms with Crippen molar-refractivity contribution in [3.05, 3.63) is 32.9 Å². The van der Waals surface area contributed by atoms with Crippen molar-refractivity contribution in [1.29, 1.82) is 0 Å². The zero-order chi connectivity index (χ0) is 8.27. The number of hydrogen-bond donors (Lipinski definition) is 1. The van der Waals surface area contributed by atoms with Crippen LogP contribution >= 0.6 is 22.6 Å². The number of halogens is 1. The quantitative estimate of drug-likeness (QED) is 0.358.